The van der Waals surface area contributed by atoms with Gasteiger partial charge in [0.05, 0.1) is 12.7 Å². The number of nitrogens with one attached hydrogen (secondary N) is 1. The van der Waals surface area contributed by atoms with Gasteiger partial charge in [-0.3, -0.25) is 9.59 Å². The number of anilines is 1. The van der Waals surface area contributed by atoms with Gasteiger partial charge in [-0.25, -0.2) is 13.2 Å². The van der Waals surface area contributed by atoms with Crippen LogP contribution in [0.1, 0.15) is 41.3 Å². The van der Waals surface area contributed by atoms with Crippen LogP contribution in [-0.2, 0) is 10.4 Å². The van der Waals surface area contributed by atoms with E-state index < -0.39 is 52.4 Å². The van der Waals surface area contributed by atoms with Crippen LogP contribution >= 0.6 is 11.6 Å². The number of aliphatic hydroxyl groups is 1. The Kier molecular flexibility index (Phi) is 7.21. The molecule has 1 fully saturated rings. The maximum atomic E-state index is 15.1. The molecule has 194 valence electrons. The Morgan fingerprint density at radius 3 is 2.27 bits per heavy atom. The smallest absolute Gasteiger partial charge is 0.251 e. The van der Waals surface area contributed by atoms with Crippen LogP contribution in [0.25, 0.3) is 0 Å². The topological polar surface area (TPSA) is 78.9 Å². The minimum Gasteiger partial charge on any atom is -0.497 e. The number of nitrogens with zero attached hydrogens (tertiary/aromatic N) is 1. The van der Waals surface area contributed by atoms with Crippen molar-refractivity contribution in [3.05, 3.63) is 93.8 Å². The van der Waals surface area contributed by atoms with Gasteiger partial charge in [0.1, 0.15) is 29.2 Å². The molecule has 3 aromatic rings. The van der Waals surface area contributed by atoms with Gasteiger partial charge in [0.2, 0.25) is 5.91 Å². The number of methoxy groups -OCH3 is 1. The standard InChI is InChI=1S/C27H24ClF3N2O4/c1-27(2,36)15-8-17(29)10-18(9-15)33-13-20(23-21(30)11-19(37-3)12-22(23)31)24(26(33)35)32-25(34)14-4-6-16(28)7-5-14/h4-12,20,24,36H,13H2,1-3H3,(H,32,34)/t20-,24-/m0/s1. The van der Waals surface area contributed by atoms with Gasteiger partial charge in [-0.2, -0.15) is 0 Å². The number of rotatable bonds is 6. The second-order valence-corrected chi connectivity index (χ2v) is 9.71. The average molecular weight is 533 g/mol. The molecule has 3 aromatic carbocycles. The molecule has 2 atom stereocenters. The highest BCUT2D eigenvalue weighted by atomic mass is 35.5. The third kappa shape index (κ3) is 5.42. The maximum absolute atomic E-state index is 15.1. The summed E-state index contributed by atoms with van der Waals surface area (Å²) in [4.78, 5) is 27.7. The first-order valence-corrected chi connectivity index (χ1v) is 11.7. The van der Waals surface area contributed by atoms with E-state index in [1.165, 1.54) is 51.3 Å². The molecule has 4 rings (SSSR count). The minimum absolute atomic E-state index is 0.0540. The molecule has 2 amide bonds. The summed E-state index contributed by atoms with van der Waals surface area (Å²) in [5.41, 5.74) is -1.39. The zero-order chi connectivity index (χ0) is 27.1. The van der Waals surface area contributed by atoms with Crippen molar-refractivity contribution in [2.24, 2.45) is 0 Å². The van der Waals surface area contributed by atoms with E-state index in [4.69, 9.17) is 16.3 Å². The second kappa shape index (κ2) is 10.1. The van der Waals surface area contributed by atoms with Crippen LogP contribution in [0.2, 0.25) is 5.02 Å². The molecular formula is C27H24ClF3N2O4. The van der Waals surface area contributed by atoms with Gasteiger partial charge in [0.15, 0.2) is 0 Å². The van der Waals surface area contributed by atoms with E-state index in [0.29, 0.717) is 5.02 Å². The van der Waals surface area contributed by atoms with E-state index in [1.807, 2.05) is 0 Å². The fraction of sp³-hybridized carbons (Fsp3) is 0.259. The number of carbonyl (C=O) groups excluding carboxylic acids is 2. The summed E-state index contributed by atoms with van der Waals surface area (Å²) >= 11 is 5.88. The molecule has 1 aliphatic rings. The third-order valence-corrected chi connectivity index (χ3v) is 6.52. The van der Waals surface area contributed by atoms with Gasteiger partial charge < -0.3 is 20.1 Å². The molecule has 37 heavy (non-hydrogen) atoms. The molecular weight excluding hydrogens is 509 g/mol. The third-order valence-electron chi connectivity index (χ3n) is 6.27. The van der Waals surface area contributed by atoms with Gasteiger partial charge in [-0.1, -0.05) is 11.6 Å². The molecule has 0 spiro atoms. The molecule has 6 nitrogen and oxygen atoms in total. The van der Waals surface area contributed by atoms with Crippen molar-refractivity contribution in [3.63, 3.8) is 0 Å². The first-order valence-electron chi connectivity index (χ1n) is 11.3. The predicted octanol–water partition coefficient (Wildman–Crippen LogP) is 4.92. The number of ether oxygens (including phenoxy) is 1. The molecule has 2 N–H and O–H groups in total. The number of benzene rings is 3. The van der Waals surface area contributed by atoms with E-state index >= 15 is 8.78 Å². The molecule has 0 bridgehead atoms. The van der Waals surface area contributed by atoms with Gasteiger partial charge in [0, 0.05) is 46.4 Å². The Hall–Kier alpha value is -3.56. The van der Waals surface area contributed by atoms with E-state index in [0.717, 1.165) is 29.2 Å². The summed E-state index contributed by atoms with van der Waals surface area (Å²) in [6.07, 6.45) is 0. The molecule has 0 radical (unpaired) electrons. The number of hydrogen-bond donors (Lipinski definition) is 2. The normalized spacial score (nSPS) is 17.7. The Balaban J connectivity index is 1.78. The number of amides is 2. The van der Waals surface area contributed by atoms with Crippen molar-refractivity contribution in [2.75, 3.05) is 18.6 Å². The highest BCUT2D eigenvalue weighted by Gasteiger charge is 2.45. The van der Waals surface area contributed by atoms with Crippen LogP contribution < -0.4 is 15.0 Å². The zero-order valence-electron chi connectivity index (χ0n) is 20.2. The molecule has 0 aliphatic carbocycles. The van der Waals surface area contributed by atoms with Crippen LogP contribution in [0, 0.1) is 17.5 Å². The molecule has 0 unspecified atom stereocenters. The van der Waals surface area contributed by atoms with E-state index in [1.54, 1.807) is 0 Å². The molecule has 10 heteroatoms. The molecule has 0 saturated carbocycles. The Morgan fingerprint density at radius 2 is 1.70 bits per heavy atom. The number of halogens is 4. The average Bonchev–Trinajstić information content (AvgIpc) is 3.13. The minimum atomic E-state index is -1.42. The summed E-state index contributed by atoms with van der Waals surface area (Å²) in [7, 11) is 1.26. The van der Waals surface area contributed by atoms with Crippen molar-refractivity contribution < 1.29 is 32.6 Å². The second-order valence-electron chi connectivity index (χ2n) is 9.28. The Bertz CT molecular complexity index is 1340. The number of hydrogen-bond acceptors (Lipinski definition) is 4. The lowest BCUT2D eigenvalue weighted by molar-refractivity contribution is -0.118. The lowest BCUT2D eigenvalue weighted by Crippen LogP contribution is -2.44. The van der Waals surface area contributed by atoms with Crippen molar-refractivity contribution in [1.82, 2.24) is 5.32 Å². The zero-order valence-corrected chi connectivity index (χ0v) is 20.9. The molecule has 1 saturated heterocycles. The van der Waals surface area contributed by atoms with Gasteiger partial charge in [-0.05, 0) is 61.9 Å². The molecule has 0 aromatic heterocycles. The largest absolute Gasteiger partial charge is 0.497 e. The number of carbonyl (C=O) groups is 2. The van der Waals surface area contributed by atoms with Crippen molar-refractivity contribution in [1.29, 1.82) is 0 Å². The lowest BCUT2D eigenvalue weighted by Gasteiger charge is -2.22. The van der Waals surface area contributed by atoms with Crippen molar-refractivity contribution in [3.8, 4) is 5.75 Å². The monoisotopic (exact) mass is 532 g/mol. The fourth-order valence-electron chi connectivity index (χ4n) is 4.33. The van der Waals surface area contributed by atoms with Crippen LogP contribution in [0.5, 0.6) is 5.75 Å². The van der Waals surface area contributed by atoms with E-state index in [9.17, 15) is 19.1 Å². The maximum Gasteiger partial charge on any atom is 0.251 e. The highest BCUT2D eigenvalue weighted by Crippen LogP contribution is 2.38. The Labute approximate surface area is 216 Å². The summed E-state index contributed by atoms with van der Waals surface area (Å²) in [6.45, 7) is 2.65. The highest BCUT2D eigenvalue weighted by molar-refractivity contribution is 6.30. The molecule has 1 aliphatic heterocycles. The lowest BCUT2D eigenvalue weighted by atomic mass is 9.92. The summed E-state index contributed by atoms with van der Waals surface area (Å²) < 4.78 is 49.6. The SMILES string of the molecule is COc1cc(F)c([C@@H]2CN(c3cc(F)cc(C(C)(C)O)c3)C(=O)[C@H]2NC(=O)c2ccc(Cl)cc2)c(F)c1. The molecule has 1 heterocycles. The quantitative estimate of drug-likeness (QED) is 0.472. The fourth-order valence-corrected chi connectivity index (χ4v) is 4.45. The van der Waals surface area contributed by atoms with Crippen LogP contribution in [0.15, 0.2) is 54.6 Å². The first kappa shape index (κ1) is 26.5. The van der Waals surface area contributed by atoms with Crippen molar-refractivity contribution >= 4 is 29.1 Å². The van der Waals surface area contributed by atoms with Crippen LogP contribution in [0.3, 0.4) is 0 Å². The predicted molar refractivity (Wildman–Crippen MR) is 132 cm³/mol. The van der Waals surface area contributed by atoms with Gasteiger partial charge >= 0.3 is 0 Å². The van der Waals surface area contributed by atoms with Gasteiger partial charge in [0.25, 0.3) is 5.91 Å². The first-order chi connectivity index (χ1) is 17.4. The van der Waals surface area contributed by atoms with Crippen molar-refractivity contribution in [2.45, 2.75) is 31.4 Å². The Morgan fingerprint density at radius 1 is 1.08 bits per heavy atom. The summed E-state index contributed by atoms with van der Waals surface area (Å²) in [6, 6.07) is 10.1. The van der Waals surface area contributed by atoms with Crippen LogP contribution in [0.4, 0.5) is 18.9 Å². The van der Waals surface area contributed by atoms with E-state index in [-0.39, 0.29) is 29.1 Å². The van der Waals surface area contributed by atoms with Gasteiger partial charge in [-0.15, -0.1) is 0 Å². The summed E-state index contributed by atoms with van der Waals surface area (Å²) in [5, 5.41) is 13.3. The van der Waals surface area contributed by atoms with E-state index in [2.05, 4.69) is 5.32 Å². The van der Waals surface area contributed by atoms with Crippen LogP contribution in [-0.4, -0.2) is 36.6 Å². The summed E-state index contributed by atoms with van der Waals surface area (Å²) in [5.74, 6) is -5.21.